The zero-order valence-electron chi connectivity index (χ0n) is 16.3. The average molecular weight is 395 g/mol. The third-order valence-corrected chi connectivity index (χ3v) is 5.33. The first-order valence-electron chi connectivity index (χ1n) is 8.91. The summed E-state index contributed by atoms with van der Waals surface area (Å²) in [5.41, 5.74) is 4.26. The number of Topliss-reactive ketones (excluding diaryl/α,β-unsaturated/α-hetero) is 1. The molecule has 0 spiro atoms. The van der Waals surface area contributed by atoms with Gasteiger partial charge in [-0.2, -0.15) is 0 Å². The Bertz CT molecular complexity index is 1030. The van der Waals surface area contributed by atoms with Crippen molar-refractivity contribution < 1.29 is 9.59 Å². The molecule has 1 aromatic heterocycles. The number of nitrogens with one attached hydrogen (secondary N) is 1. The van der Waals surface area contributed by atoms with Crippen LogP contribution >= 0.6 is 11.8 Å². The van der Waals surface area contributed by atoms with E-state index in [1.165, 1.54) is 18.7 Å². The summed E-state index contributed by atoms with van der Waals surface area (Å²) in [6, 6.07) is 13.3. The molecular formula is C21H22N4O2S. The first-order chi connectivity index (χ1) is 13.3. The van der Waals surface area contributed by atoms with E-state index in [1.54, 1.807) is 6.33 Å². The maximum atomic E-state index is 12.9. The topological polar surface area (TPSA) is 76.9 Å². The molecule has 1 N–H and O–H groups in total. The van der Waals surface area contributed by atoms with Gasteiger partial charge in [0.15, 0.2) is 10.9 Å². The molecule has 0 fully saturated rings. The molecule has 0 aliphatic rings. The molecule has 7 heteroatoms. The van der Waals surface area contributed by atoms with Crippen LogP contribution in [0.3, 0.4) is 0 Å². The summed E-state index contributed by atoms with van der Waals surface area (Å²) < 4.78 is 1.81. The van der Waals surface area contributed by atoms with Crippen LogP contribution in [0.2, 0.25) is 0 Å². The van der Waals surface area contributed by atoms with Crippen LogP contribution in [-0.4, -0.2) is 31.7 Å². The molecule has 3 aromatic rings. The number of nitrogens with zero attached hydrogens (tertiary/aromatic N) is 3. The van der Waals surface area contributed by atoms with E-state index in [2.05, 4.69) is 15.5 Å². The Morgan fingerprint density at radius 3 is 2.68 bits per heavy atom. The summed E-state index contributed by atoms with van der Waals surface area (Å²) >= 11 is 1.36. The van der Waals surface area contributed by atoms with Gasteiger partial charge in [0.2, 0.25) is 5.91 Å². The van der Waals surface area contributed by atoms with E-state index in [-0.39, 0.29) is 16.9 Å². The van der Waals surface area contributed by atoms with Crippen LogP contribution in [-0.2, 0) is 4.79 Å². The fourth-order valence-corrected chi connectivity index (χ4v) is 3.76. The molecule has 0 saturated carbocycles. The van der Waals surface area contributed by atoms with E-state index >= 15 is 0 Å². The zero-order chi connectivity index (χ0) is 20.3. The average Bonchev–Trinajstić information content (AvgIpc) is 3.11. The molecule has 1 heterocycles. The van der Waals surface area contributed by atoms with Crippen LogP contribution in [0.15, 0.2) is 53.9 Å². The van der Waals surface area contributed by atoms with Gasteiger partial charge in [0, 0.05) is 18.2 Å². The number of amides is 1. The summed E-state index contributed by atoms with van der Waals surface area (Å²) in [5.74, 6) is -0.0732. The zero-order valence-corrected chi connectivity index (χ0v) is 17.1. The molecule has 28 heavy (non-hydrogen) atoms. The highest BCUT2D eigenvalue weighted by molar-refractivity contribution is 8.00. The number of anilines is 1. The molecule has 1 amide bonds. The Balaban J connectivity index is 1.83. The third kappa shape index (κ3) is 4.48. The fraction of sp³-hybridized carbons (Fsp3) is 0.238. The van der Waals surface area contributed by atoms with Crippen molar-refractivity contribution in [1.82, 2.24) is 14.8 Å². The van der Waals surface area contributed by atoms with Crippen LogP contribution in [0.1, 0.15) is 35.3 Å². The van der Waals surface area contributed by atoms with Crippen molar-refractivity contribution in [3.63, 3.8) is 0 Å². The molecule has 0 aliphatic heterocycles. The molecule has 6 nitrogen and oxygen atoms in total. The molecular weight excluding hydrogens is 372 g/mol. The van der Waals surface area contributed by atoms with Gasteiger partial charge in [-0.3, -0.25) is 14.2 Å². The minimum Gasteiger partial charge on any atom is -0.326 e. The Morgan fingerprint density at radius 1 is 1.14 bits per heavy atom. The largest absolute Gasteiger partial charge is 0.326 e. The monoisotopic (exact) mass is 394 g/mol. The van der Waals surface area contributed by atoms with Crippen molar-refractivity contribution in [2.45, 2.75) is 38.1 Å². The van der Waals surface area contributed by atoms with Crippen molar-refractivity contribution in [3.05, 3.63) is 65.5 Å². The molecule has 2 aromatic carbocycles. The molecule has 0 radical (unpaired) electrons. The SMILES string of the molecule is CC(=O)Nc1cccc(-n2cnnc2SC(C)C(=O)c2cc(C)ccc2C)c1. The highest BCUT2D eigenvalue weighted by Gasteiger charge is 2.21. The van der Waals surface area contributed by atoms with Crippen LogP contribution in [0.5, 0.6) is 0 Å². The predicted molar refractivity (Wildman–Crippen MR) is 111 cm³/mol. The molecule has 0 aliphatic carbocycles. The van der Waals surface area contributed by atoms with Crippen LogP contribution in [0.4, 0.5) is 5.69 Å². The number of hydrogen-bond donors (Lipinski definition) is 1. The van der Waals surface area contributed by atoms with Gasteiger partial charge >= 0.3 is 0 Å². The van der Waals surface area contributed by atoms with E-state index in [0.29, 0.717) is 10.8 Å². The van der Waals surface area contributed by atoms with E-state index in [0.717, 1.165) is 22.4 Å². The van der Waals surface area contributed by atoms with Gasteiger partial charge in [0.1, 0.15) is 6.33 Å². The number of rotatable bonds is 6. The van der Waals surface area contributed by atoms with Crippen LogP contribution in [0, 0.1) is 13.8 Å². The number of thioether (sulfide) groups is 1. The lowest BCUT2D eigenvalue weighted by molar-refractivity contribution is -0.114. The van der Waals surface area contributed by atoms with E-state index in [4.69, 9.17) is 0 Å². The Kier molecular flexibility index (Phi) is 5.94. The molecule has 1 unspecified atom stereocenters. The molecule has 0 saturated heterocycles. The van der Waals surface area contributed by atoms with Gasteiger partial charge in [-0.1, -0.05) is 35.5 Å². The van der Waals surface area contributed by atoms with Gasteiger partial charge in [-0.05, 0) is 50.6 Å². The second kappa shape index (κ2) is 8.39. The smallest absolute Gasteiger partial charge is 0.221 e. The third-order valence-electron chi connectivity index (χ3n) is 4.27. The minimum absolute atomic E-state index is 0.0627. The van der Waals surface area contributed by atoms with Gasteiger partial charge in [0.25, 0.3) is 0 Å². The van der Waals surface area contributed by atoms with Crippen molar-refractivity contribution >= 4 is 29.1 Å². The standard InChI is InChI=1S/C21H22N4O2S/c1-13-8-9-14(2)19(10-13)20(27)15(3)28-21-24-22-12-25(21)18-7-5-6-17(11-18)23-16(4)26/h5-12,15H,1-4H3,(H,23,26). The number of aryl methyl sites for hydroxylation is 2. The van der Waals surface area contributed by atoms with Crippen molar-refractivity contribution in [1.29, 1.82) is 0 Å². The van der Waals surface area contributed by atoms with Crippen LogP contribution < -0.4 is 5.32 Å². The fourth-order valence-electron chi connectivity index (χ4n) is 2.85. The van der Waals surface area contributed by atoms with Gasteiger partial charge in [0.05, 0.1) is 10.9 Å². The number of aromatic nitrogens is 3. The second-order valence-electron chi connectivity index (χ2n) is 6.66. The Morgan fingerprint density at radius 2 is 1.93 bits per heavy atom. The number of hydrogen-bond acceptors (Lipinski definition) is 5. The second-order valence-corrected chi connectivity index (χ2v) is 7.97. The molecule has 3 rings (SSSR count). The highest BCUT2D eigenvalue weighted by Crippen LogP contribution is 2.28. The van der Waals surface area contributed by atoms with Crippen molar-refractivity contribution in [2.24, 2.45) is 0 Å². The lowest BCUT2D eigenvalue weighted by atomic mass is 10.0. The first kappa shape index (κ1) is 19.8. The first-order valence-corrected chi connectivity index (χ1v) is 9.79. The van der Waals surface area contributed by atoms with Crippen molar-refractivity contribution in [2.75, 3.05) is 5.32 Å². The maximum absolute atomic E-state index is 12.9. The molecule has 1 atom stereocenters. The lowest BCUT2D eigenvalue weighted by Gasteiger charge is -2.13. The summed E-state index contributed by atoms with van der Waals surface area (Å²) in [5, 5.41) is 11.2. The van der Waals surface area contributed by atoms with Gasteiger partial charge in [-0.15, -0.1) is 10.2 Å². The number of carbonyl (C=O) groups is 2. The summed E-state index contributed by atoms with van der Waals surface area (Å²) in [7, 11) is 0. The highest BCUT2D eigenvalue weighted by atomic mass is 32.2. The predicted octanol–water partition coefficient (Wildman–Crippen LogP) is 4.21. The van der Waals surface area contributed by atoms with E-state index in [1.807, 2.05) is 67.8 Å². The van der Waals surface area contributed by atoms with Gasteiger partial charge in [-0.25, -0.2) is 0 Å². The van der Waals surface area contributed by atoms with Crippen LogP contribution in [0.25, 0.3) is 5.69 Å². The van der Waals surface area contributed by atoms with Gasteiger partial charge < -0.3 is 5.32 Å². The number of ketones is 1. The Hall–Kier alpha value is -2.93. The maximum Gasteiger partial charge on any atom is 0.221 e. The minimum atomic E-state index is -0.318. The normalized spacial score (nSPS) is 11.9. The Labute approximate surface area is 168 Å². The van der Waals surface area contributed by atoms with Crippen molar-refractivity contribution in [3.8, 4) is 5.69 Å². The van der Waals surface area contributed by atoms with E-state index < -0.39 is 0 Å². The summed E-state index contributed by atoms with van der Waals surface area (Å²) in [4.78, 5) is 24.2. The lowest BCUT2D eigenvalue weighted by Crippen LogP contribution is -2.16. The molecule has 144 valence electrons. The number of carbonyl (C=O) groups excluding carboxylic acids is 2. The van der Waals surface area contributed by atoms with E-state index in [9.17, 15) is 9.59 Å². The quantitative estimate of drug-likeness (QED) is 0.501. The summed E-state index contributed by atoms with van der Waals surface area (Å²) in [6.45, 7) is 7.27. The summed E-state index contributed by atoms with van der Waals surface area (Å²) in [6.07, 6.45) is 1.60. The number of benzene rings is 2. The molecule has 0 bridgehead atoms.